The number of nitrogens with two attached hydrogens (primary N) is 1. The quantitative estimate of drug-likeness (QED) is 0.659. The summed E-state index contributed by atoms with van der Waals surface area (Å²) in [5, 5.41) is 9.07. The maximum atomic E-state index is 11.7. The largest absolute Gasteiger partial charge is 0.382 e. The van der Waals surface area contributed by atoms with Crippen LogP contribution in [0.15, 0.2) is 4.21 Å². The summed E-state index contributed by atoms with van der Waals surface area (Å²) in [7, 11) is -3.84. The molecule has 0 radical (unpaired) electrons. The lowest BCUT2D eigenvalue weighted by Crippen LogP contribution is -2.39. The van der Waals surface area contributed by atoms with E-state index in [0.717, 1.165) is 11.3 Å². The minimum atomic E-state index is -3.84. The Morgan fingerprint density at radius 1 is 1.71 bits per heavy atom. The van der Waals surface area contributed by atoms with E-state index in [4.69, 9.17) is 22.4 Å². The highest BCUT2D eigenvalue weighted by molar-refractivity contribution is 7.91. The summed E-state index contributed by atoms with van der Waals surface area (Å²) in [5.74, 6) is -1.01. The third-order valence-electron chi connectivity index (χ3n) is 1.77. The number of carbonyl (C=O) groups excluding carboxylic acids is 1. The molecule has 1 rings (SSSR count). The van der Waals surface area contributed by atoms with Crippen molar-refractivity contribution in [2.24, 2.45) is 5.73 Å². The number of thiazole rings is 1. The molecule has 0 aliphatic heterocycles. The maximum absolute atomic E-state index is 11.7. The Labute approximate surface area is 107 Å². The van der Waals surface area contributed by atoms with Gasteiger partial charge in [-0.1, -0.05) is 22.9 Å². The zero-order chi connectivity index (χ0) is 13.2. The summed E-state index contributed by atoms with van der Waals surface area (Å²) in [5.41, 5.74) is 5.03. The standard InChI is InChI=1S/C7H10ClN3O4S2/c1-3-6(16-7(8)11-3)17(14,15)10-2-4(12)5(9)13/h4,10,12H,2H2,1H3,(H2,9,13). The van der Waals surface area contributed by atoms with Crippen molar-refractivity contribution in [3.8, 4) is 0 Å². The van der Waals surface area contributed by atoms with Crippen LogP contribution in [-0.2, 0) is 14.8 Å². The predicted octanol–water partition coefficient (Wildman–Crippen LogP) is -0.771. The Balaban J connectivity index is 2.83. The third kappa shape index (κ3) is 3.61. The molecule has 0 aliphatic rings. The van der Waals surface area contributed by atoms with E-state index in [2.05, 4.69) is 4.98 Å². The average molecular weight is 300 g/mol. The first-order chi connectivity index (χ1) is 7.74. The first-order valence-corrected chi connectivity index (χ1v) is 7.02. The summed E-state index contributed by atoms with van der Waals surface area (Å²) in [4.78, 5) is 14.3. The van der Waals surface area contributed by atoms with Gasteiger partial charge in [-0.15, -0.1) is 0 Å². The van der Waals surface area contributed by atoms with Crippen LogP contribution in [0.1, 0.15) is 5.69 Å². The van der Waals surface area contributed by atoms with Crippen molar-refractivity contribution in [2.75, 3.05) is 6.54 Å². The molecule has 0 bridgehead atoms. The zero-order valence-electron chi connectivity index (χ0n) is 8.68. The normalized spacial score (nSPS) is 13.6. The SMILES string of the molecule is Cc1nc(Cl)sc1S(=O)(=O)NCC(O)C(N)=O. The van der Waals surface area contributed by atoms with Gasteiger partial charge in [-0.05, 0) is 6.92 Å². The lowest BCUT2D eigenvalue weighted by atomic mass is 10.3. The van der Waals surface area contributed by atoms with Crippen LogP contribution in [-0.4, -0.2) is 37.1 Å². The van der Waals surface area contributed by atoms with Gasteiger partial charge in [-0.2, -0.15) is 0 Å². The highest BCUT2D eigenvalue weighted by atomic mass is 35.5. The molecule has 1 unspecified atom stereocenters. The third-order valence-corrected chi connectivity index (χ3v) is 5.06. The second kappa shape index (κ2) is 5.27. The van der Waals surface area contributed by atoms with Crippen LogP contribution in [0.3, 0.4) is 0 Å². The van der Waals surface area contributed by atoms with Gasteiger partial charge in [0.25, 0.3) is 10.0 Å². The molecule has 0 spiro atoms. The number of nitrogens with zero attached hydrogens (tertiary/aromatic N) is 1. The first-order valence-electron chi connectivity index (χ1n) is 4.34. The molecule has 0 aliphatic carbocycles. The van der Waals surface area contributed by atoms with Crippen LogP contribution in [0.4, 0.5) is 0 Å². The summed E-state index contributed by atoms with van der Waals surface area (Å²) in [6, 6.07) is 0. The molecule has 17 heavy (non-hydrogen) atoms. The molecule has 10 heteroatoms. The fourth-order valence-corrected chi connectivity index (χ4v) is 3.77. The van der Waals surface area contributed by atoms with Gasteiger partial charge in [0, 0.05) is 6.54 Å². The highest BCUT2D eigenvalue weighted by Crippen LogP contribution is 2.26. The van der Waals surface area contributed by atoms with Crippen LogP contribution in [0.25, 0.3) is 0 Å². The number of halogens is 1. The molecule has 0 aromatic carbocycles. The molecule has 1 amide bonds. The summed E-state index contributed by atoms with van der Waals surface area (Å²) < 4.78 is 25.5. The van der Waals surface area contributed by atoms with Crippen LogP contribution >= 0.6 is 22.9 Å². The number of nitrogens with one attached hydrogen (secondary N) is 1. The predicted molar refractivity (Wildman–Crippen MR) is 62.3 cm³/mol. The number of aryl methyl sites for hydroxylation is 1. The lowest BCUT2D eigenvalue weighted by molar-refractivity contribution is -0.125. The van der Waals surface area contributed by atoms with Crippen LogP contribution < -0.4 is 10.5 Å². The number of hydrogen-bond acceptors (Lipinski definition) is 6. The summed E-state index contributed by atoms with van der Waals surface area (Å²) in [6.07, 6.45) is -1.58. The Morgan fingerprint density at radius 3 is 2.71 bits per heavy atom. The van der Waals surface area contributed by atoms with Crippen molar-refractivity contribution in [1.82, 2.24) is 9.71 Å². The van der Waals surface area contributed by atoms with Gasteiger partial charge in [0.2, 0.25) is 5.91 Å². The second-order valence-corrected chi connectivity index (χ2v) is 6.65. The van der Waals surface area contributed by atoms with Gasteiger partial charge in [0.05, 0.1) is 5.69 Å². The smallest absolute Gasteiger partial charge is 0.252 e. The van der Waals surface area contributed by atoms with E-state index < -0.39 is 28.6 Å². The molecule has 4 N–H and O–H groups in total. The summed E-state index contributed by atoms with van der Waals surface area (Å²) in [6.45, 7) is 0.994. The number of carbonyl (C=O) groups is 1. The Hall–Kier alpha value is -0.740. The van der Waals surface area contributed by atoms with Crippen LogP contribution in [0.2, 0.25) is 4.47 Å². The number of sulfonamides is 1. The molecule has 1 heterocycles. The van der Waals surface area contributed by atoms with Crippen molar-refractivity contribution in [3.05, 3.63) is 10.2 Å². The highest BCUT2D eigenvalue weighted by Gasteiger charge is 2.23. The molecule has 1 aromatic rings. The Kier molecular flexibility index (Phi) is 4.44. The zero-order valence-corrected chi connectivity index (χ0v) is 11.1. The Morgan fingerprint density at radius 2 is 2.29 bits per heavy atom. The van der Waals surface area contributed by atoms with E-state index in [-0.39, 0.29) is 14.4 Å². The molecule has 7 nitrogen and oxygen atoms in total. The number of hydrogen-bond donors (Lipinski definition) is 3. The topological polar surface area (TPSA) is 122 Å². The average Bonchev–Trinajstić information content (AvgIpc) is 2.55. The van der Waals surface area contributed by atoms with E-state index >= 15 is 0 Å². The molecule has 0 saturated carbocycles. The Bertz CT molecular complexity index is 527. The van der Waals surface area contributed by atoms with Crippen molar-refractivity contribution < 1.29 is 18.3 Å². The number of aromatic nitrogens is 1. The molecule has 96 valence electrons. The number of aliphatic hydroxyl groups excluding tert-OH is 1. The van der Waals surface area contributed by atoms with Gasteiger partial charge in [0.15, 0.2) is 8.68 Å². The molecular formula is C7H10ClN3O4S2. The minimum Gasteiger partial charge on any atom is -0.382 e. The number of primary amides is 1. The molecule has 0 saturated heterocycles. The monoisotopic (exact) mass is 299 g/mol. The van der Waals surface area contributed by atoms with Crippen LogP contribution in [0.5, 0.6) is 0 Å². The van der Waals surface area contributed by atoms with Gasteiger partial charge in [-0.25, -0.2) is 18.1 Å². The molecule has 0 fully saturated rings. The minimum absolute atomic E-state index is 0.0563. The molecular weight excluding hydrogens is 290 g/mol. The second-order valence-electron chi connectivity index (χ2n) is 3.11. The van der Waals surface area contributed by atoms with Gasteiger partial charge >= 0.3 is 0 Å². The van der Waals surface area contributed by atoms with E-state index in [0.29, 0.717) is 0 Å². The van der Waals surface area contributed by atoms with E-state index in [1.54, 1.807) is 0 Å². The van der Waals surface area contributed by atoms with Gasteiger partial charge < -0.3 is 10.8 Å². The van der Waals surface area contributed by atoms with Crippen LogP contribution in [0, 0.1) is 6.92 Å². The van der Waals surface area contributed by atoms with E-state index in [1.807, 2.05) is 4.72 Å². The van der Waals surface area contributed by atoms with Crippen molar-refractivity contribution in [2.45, 2.75) is 17.2 Å². The van der Waals surface area contributed by atoms with Crippen molar-refractivity contribution in [1.29, 1.82) is 0 Å². The van der Waals surface area contributed by atoms with Crippen molar-refractivity contribution >= 4 is 38.9 Å². The van der Waals surface area contributed by atoms with E-state index in [9.17, 15) is 13.2 Å². The maximum Gasteiger partial charge on any atom is 0.252 e. The first kappa shape index (κ1) is 14.3. The number of amides is 1. The summed E-state index contributed by atoms with van der Waals surface area (Å²) >= 11 is 6.36. The fourth-order valence-electron chi connectivity index (χ4n) is 0.955. The lowest BCUT2D eigenvalue weighted by Gasteiger charge is -2.08. The molecule has 1 atom stereocenters. The fraction of sp³-hybridized carbons (Fsp3) is 0.429. The van der Waals surface area contributed by atoms with Crippen molar-refractivity contribution in [3.63, 3.8) is 0 Å². The number of rotatable bonds is 5. The van der Waals surface area contributed by atoms with E-state index in [1.165, 1.54) is 6.92 Å². The molecule has 1 aromatic heterocycles. The number of aliphatic hydroxyl groups is 1. The van der Waals surface area contributed by atoms with Gasteiger partial charge in [-0.3, -0.25) is 4.79 Å². The van der Waals surface area contributed by atoms with Gasteiger partial charge in [0.1, 0.15) is 6.10 Å².